The predicted molar refractivity (Wildman–Crippen MR) is 111 cm³/mol. The Morgan fingerprint density at radius 1 is 1.03 bits per heavy atom. The average Bonchev–Trinajstić information content (AvgIpc) is 3.03. The number of carbonyl (C=O) groups is 2. The summed E-state index contributed by atoms with van der Waals surface area (Å²) in [6, 6.07) is 5.59. The monoisotopic (exact) mass is 472 g/mol. The van der Waals surface area contributed by atoms with Crippen LogP contribution in [0.3, 0.4) is 0 Å². The van der Waals surface area contributed by atoms with Gasteiger partial charge in [0.1, 0.15) is 10.6 Å². The number of hydrogen-bond donors (Lipinski definition) is 3. The Bertz CT molecular complexity index is 1330. The molecule has 0 spiro atoms. The third-order valence-corrected chi connectivity index (χ3v) is 5.44. The summed E-state index contributed by atoms with van der Waals surface area (Å²) >= 11 is 12.2. The number of hydrogen-bond acceptors (Lipinski definition) is 7. The number of halogens is 2. The molecule has 0 saturated heterocycles. The van der Waals surface area contributed by atoms with Gasteiger partial charge in [-0.2, -0.15) is 8.42 Å². The maximum Gasteiger partial charge on any atom is 0.354 e. The lowest BCUT2D eigenvalue weighted by Crippen LogP contribution is -2.15. The fourth-order valence-electron chi connectivity index (χ4n) is 2.88. The first kappa shape index (κ1) is 21.9. The quantitative estimate of drug-likeness (QED) is 0.291. The summed E-state index contributed by atoms with van der Waals surface area (Å²) in [5, 5.41) is 3.87. The van der Waals surface area contributed by atoms with Crippen molar-refractivity contribution in [2.24, 2.45) is 0 Å². The van der Waals surface area contributed by atoms with Crippen LogP contribution in [0.2, 0.25) is 10.0 Å². The number of fused-ring (bicyclic) bond motifs is 3. The van der Waals surface area contributed by atoms with Gasteiger partial charge in [0, 0.05) is 20.8 Å². The van der Waals surface area contributed by atoms with Crippen molar-refractivity contribution < 1.29 is 32.0 Å². The number of carbonyl (C=O) groups excluding carboxylic acids is 2. The number of rotatable bonds is 5. The molecule has 158 valence electrons. The largest absolute Gasteiger partial charge is 0.466 e. The highest BCUT2D eigenvalue weighted by Gasteiger charge is 2.21. The van der Waals surface area contributed by atoms with Crippen LogP contribution in [0, 0.1) is 0 Å². The smallest absolute Gasteiger partial charge is 0.354 e. The van der Waals surface area contributed by atoms with Crippen LogP contribution in [0.1, 0.15) is 0 Å². The van der Waals surface area contributed by atoms with Gasteiger partial charge in [-0.1, -0.05) is 23.2 Å². The van der Waals surface area contributed by atoms with Crippen LogP contribution in [0.15, 0.2) is 40.9 Å². The zero-order valence-electron chi connectivity index (χ0n) is 15.4. The van der Waals surface area contributed by atoms with Crippen LogP contribution in [0.25, 0.3) is 21.8 Å². The van der Waals surface area contributed by atoms with Crippen molar-refractivity contribution >= 4 is 72.8 Å². The third kappa shape index (κ3) is 4.21. The van der Waals surface area contributed by atoms with Crippen LogP contribution in [0.4, 0.5) is 5.69 Å². The van der Waals surface area contributed by atoms with Crippen molar-refractivity contribution in [3.63, 3.8) is 0 Å². The van der Waals surface area contributed by atoms with Crippen molar-refractivity contribution in [3.8, 4) is 0 Å². The van der Waals surface area contributed by atoms with Gasteiger partial charge >= 0.3 is 11.9 Å². The van der Waals surface area contributed by atoms with E-state index in [1.807, 2.05) is 0 Å². The molecule has 9 nitrogen and oxygen atoms in total. The molecule has 3 aromatic rings. The summed E-state index contributed by atoms with van der Waals surface area (Å²) in [5.41, 5.74) is 0.395. The van der Waals surface area contributed by atoms with E-state index >= 15 is 0 Å². The molecule has 3 N–H and O–H groups in total. The zero-order valence-corrected chi connectivity index (χ0v) is 17.8. The molecule has 1 heterocycles. The van der Waals surface area contributed by atoms with E-state index in [9.17, 15) is 22.6 Å². The standard InChI is InChI=1S/C18H14Cl2N2O7S/c1-28-15(23)7-13(18(24)29-2)21-12-5-8(19)3-10-11-4-9(20)6-14(30(25,26)27)17(11)22-16(10)12/h3-7,21-22H,1-2H3,(H,25,26,27)/b13-7+. The van der Waals surface area contributed by atoms with E-state index in [-0.39, 0.29) is 26.9 Å². The summed E-state index contributed by atoms with van der Waals surface area (Å²) < 4.78 is 42.4. The van der Waals surface area contributed by atoms with Gasteiger partial charge in [-0.05, 0) is 24.3 Å². The van der Waals surface area contributed by atoms with E-state index in [4.69, 9.17) is 23.2 Å². The van der Waals surface area contributed by atoms with Gasteiger partial charge in [-0.3, -0.25) is 4.55 Å². The number of H-pyrrole nitrogens is 1. The van der Waals surface area contributed by atoms with Crippen LogP contribution >= 0.6 is 23.2 Å². The molecule has 0 aliphatic rings. The Hall–Kier alpha value is -2.79. The lowest BCUT2D eigenvalue weighted by atomic mass is 10.1. The SMILES string of the molecule is COC(=O)/C=C(/Nc1cc(Cl)cc2c1[nH]c1c(S(=O)(=O)O)cc(Cl)cc12)C(=O)OC. The first-order chi connectivity index (χ1) is 14.0. The normalized spacial score (nSPS) is 12.2. The van der Waals surface area contributed by atoms with Crippen molar-refractivity contribution in [1.82, 2.24) is 4.98 Å². The third-order valence-electron chi connectivity index (χ3n) is 4.13. The van der Waals surface area contributed by atoms with Crippen LogP contribution in [-0.4, -0.2) is 44.1 Å². The fourth-order valence-corrected chi connectivity index (χ4v) is 4.08. The zero-order chi connectivity index (χ0) is 22.2. The Kier molecular flexibility index (Phi) is 5.95. The lowest BCUT2D eigenvalue weighted by Gasteiger charge is -2.10. The van der Waals surface area contributed by atoms with E-state index in [0.29, 0.717) is 16.3 Å². The molecule has 0 aliphatic heterocycles. The van der Waals surface area contributed by atoms with E-state index in [1.54, 1.807) is 6.07 Å². The van der Waals surface area contributed by atoms with Gasteiger partial charge in [0.15, 0.2) is 0 Å². The maximum absolute atomic E-state index is 12.1. The van der Waals surface area contributed by atoms with E-state index in [2.05, 4.69) is 19.8 Å². The number of benzene rings is 2. The van der Waals surface area contributed by atoms with Gasteiger partial charge in [0.25, 0.3) is 10.1 Å². The molecule has 0 unspecified atom stereocenters. The Labute approximate surface area is 180 Å². The second-order valence-corrected chi connectivity index (χ2v) is 8.26. The van der Waals surface area contributed by atoms with Crippen molar-refractivity contribution in [2.45, 2.75) is 4.90 Å². The lowest BCUT2D eigenvalue weighted by molar-refractivity contribution is -0.138. The number of aromatic nitrogens is 1. The number of anilines is 1. The van der Waals surface area contributed by atoms with Gasteiger partial charge < -0.3 is 19.8 Å². The maximum atomic E-state index is 12.1. The first-order valence-corrected chi connectivity index (χ1v) is 10.3. The summed E-state index contributed by atoms with van der Waals surface area (Å²) in [6.45, 7) is 0. The van der Waals surface area contributed by atoms with Crippen molar-refractivity contribution in [3.05, 3.63) is 46.1 Å². The number of aromatic amines is 1. The summed E-state index contributed by atoms with van der Waals surface area (Å²) in [7, 11) is -2.32. The number of esters is 2. The molecule has 0 atom stereocenters. The van der Waals surface area contributed by atoms with Crippen LogP contribution < -0.4 is 5.32 Å². The molecule has 0 radical (unpaired) electrons. The van der Waals surface area contributed by atoms with E-state index in [1.165, 1.54) is 12.1 Å². The van der Waals surface area contributed by atoms with Gasteiger partial charge in [0.05, 0.1) is 37.0 Å². The number of ether oxygens (including phenoxy) is 2. The first-order valence-electron chi connectivity index (χ1n) is 8.12. The Morgan fingerprint density at radius 3 is 2.20 bits per heavy atom. The molecular weight excluding hydrogens is 459 g/mol. The molecule has 0 amide bonds. The van der Waals surface area contributed by atoms with Gasteiger partial charge in [-0.25, -0.2) is 9.59 Å². The fraction of sp³-hybridized carbons (Fsp3) is 0.111. The number of nitrogens with one attached hydrogen (secondary N) is 2. The van der Waals surface area contributed by atoms with Gasteiger partial charge in [0.2, 0.25) is 0 Å². The highest BCUT2D eigenvalue weighted by atomic mass is 35.5. The van der Waals surface area contributed by atoms with Gasteiger partial charge in [-0.15, -0.1) is 0 Å². The molecule has 30 heavy (non-hydrogen) atoms. The van der Waals surface area contributed by atoms with Crippen LogP contribution in [-0.2, 0) is 29.2 Å². The highest BCUT2D eigenvalue weighted by molar-refractivity contribution is 7.86. The second kappa shape index (κ2) is 8.15. The Morgan fingerprint density at radius 2 is 1.63 bits per heavy atom. The molecule has 0 bridgehead atoms. The molecule has 0 saturated carbocycles. The molecule has 12 heteroatoms. The second-order valence-electron chi connectivity index (χ2n) is 6.00. The summed E-state index contributed by atoms with van der Waals surface area (Å²) in [6.07, 6.45) is 0.891. The molecule has 2 aromatic carbocycles. The number of methoxy groups -OCH3 is 2. The average molecular weight is 473 g/mol. The summed E-state index contributed by atoms with van der Waals surface area (Å²) in [5.74, 6) is -1.66. The Balaban J connectivity index is 2.31. The topological polar surface area (TPSA) is 135 Å². The van der Waals surface area contributed by atoms with E-state index in [0.717, 1.165) is 26.4 Å². The minimum atomic E-state index is -4.60. The molecule has 1 aromatic heterocycles. The molecule has 0 fully saturated rings. The predicted octanol–water partition coefficient (Wildman–Crippen LogP) is 3.52. The van der Waals surface area contributed by atoms with Crippen molar-refractivity contribution in [2.75, 3.05) is 19.5 Å². The van der Waals surface area contributed by atoms with E-state index < -0.39 is 27.0 Å². The summed E-state index contributed by atoms with van der Waals surface area (Å²) in [4.78, 5) is 26.1. The minimum absolute atomic E-state index is 0.0753. The highest BCUT2D eigenvalue weighted by Crippen LogP contribution is 2.38. The molecule has 0 aliphatic carbocycles. The molecule has 3 rings (SSSR count). The van der Waals surface area contributed by atoms with Crippen molar-refractivity contribution in [1.29, 1.82) is 0 Å². The van der Waals surface area contributed by atoms with Crippen LogP contribution in [0.5, 0.6) is 0 Å². The molecular formula is C18H14Cl2N2O7S. The minimum Gasteiger partial charge on any atom is -0.466 e.